The fourth-order valence-electron chi connectivity index (χ4n) is 4.49. The van der Waals surface area contributed by atoms with Crippen LogP contribution >= 0.6 is 11.8 Å². The first kappa shape index (κ1) is 23.5. The summed E-state index contributed by atoms with van der Waals surface area (Å²) in [5, 5.41) is 3.18. The Morgan fingerprint density at radius 1 is 1.29 bits per heavy atom. The summed E-state index contributed by atoms with van der Waals surface area (Å²) in [5.41, 5.74) is -0.403. The number of benzene rings is 2. The van der Waals surface area contributed by atoms with E-state index in [1.54, 1.807) is 6.26 Å². The fraction of sp³-hybridized carbons (Fsp3) is 0.435. The molecular formula is C23H29F3N2O2S. The normalized spacial score (nSPS) is 22.2. The van der Waals surface area contributed by atoms with Crippen LogP contribution in [0.1, 0.15) is 36.3 Å². The van der Waals surface area contributed by atoms with Crippen molar-refractivity contribution in [1.82, 2.24) is 10.2 Å². The molecule has 1 heterocycles. The minimum absolute atomic E-state index is 0. The van der Waals surface area contributed by atoms with Gasteiger partial charge in [0.15, 0.2) is 0 Å². The third-order valence-corrected chi connectivity index (χ3v) is 6.36. The van der Waals surface area contributed by atoms with Crippen LogP contribution in [-0.2, 0) is 11.7 Å². The molecule has 1 amide bonds. The molecule has 1 aliphatic heterocycles. The van der Waals surface area contributed by atoms with Gasteiger partial charge in [0, 0.05) is 19.4 Å². The van der Waals surface area contributed by atoms with Gasteiger partial charge in [-0.05, 0) is 43.3 Å². The second-order valence-electron chi connectivity index (χ2n) is 8.16. The van der Waals surface area contributed by atoms with Crippen molar-refractivity contribution in [3.63, 3.8) is 0 Å². The SMILES string of the molecule is COc1cc(C(F)(F)F)cc(SC)c1C(=O)N[C@]1(c2ccccc2)C[C@@H](C)CN(C)C1.[HH]. The van der Waals surface area contributed by atoms with Crippen molar-refractivity contribution < 1.29 is 24.1 Å². The van der Waals surface area contributed by atoms with E-state index in [0.29, 0.717) is 12.5 Å². The first-order chi connectivity index (χ1) is 14.6. The monoisotopic (exact) mass is 454 g/mol. The quantitative estimate of drug-likeness (QED) is 0.625. The van der Waals surface area contributed by atoms with Gasteiger partial charge in [0.2, 0.25) is 0 Å². The highest BCUT2D eigenvalue weighted by Gasteiger charge is 2.41. The molecule has 0 unspecified atom stereocenters. The fourth-order valence-corrected chi connectivity index (χ4v) is 5.13. The molecule has 2 atom stereocenters. The van der Waals surface area contributed by atoms with Gasteiger partial charge < -0.3 is 15.0 Å². The molecular weight excluding hydrogens is 425 g/mol. The summed E-state index contributed by atoms with van der Waals surface area (Å²) in [6.07, 6.45) is -2.15. The average Bonchev–Trinajstić information content (AvgIpc) is 2.71. The highest BCUT2D eigenvalue weighted by molar-refractivity contribution is 7.98. The summed E-state index contributed by atoms with van der Waals surface area (Å²) in [6.45, 7) is 3.64. The lowest BCUT2D eigenvalue weighted by atomic mass is 9.78. The van der Waals surface area contributed by atoms with Crippen LogP contribution in [-0.4, -0.2) is 44.3 Å². The molecule has 2 aromatic rings. The van der Waals surface area contributed by atoms with Gasteiger partial charge in [-0.25, -0.2) is 0 Å². The predicted octanol–water partition coefficient (Wildman–Crippen LogP) is 5.28. The van der Waals surface area contributed by atoms with Crippen molar-refractivity contribution in [3.8, 4) is 5.75 Å². The van der Waals surface area contributed by atoms with Gasteiger partial charge in [-0.15, -0.1) is 11.8 Å². The molecule has 0 aromatic heterocycles. The molecule has 8 heteroatoms. The van der Waals surface area contributed by atoms with E-state index in [2.05, 4.69) is 17.1 Å². The molecule has 0 radical (unpaired) electrons. The number of carbonyl (C=O) groups is 1. The lowest BCUT2D eigenvalue weighted by molar-refractivity contribution is -0.137. The van der Waals surface area contributed by atoms with Crippen molar-refractivity contribution in [2.45, 2.75) is 30.0 Å². The van der Waals surface area contributed by atoms with E-state index >= 15 is 0 Å². The van der Waals surface area contributed by atoms with E-state index in [1.807, 2.05) is 37.4 Å². The van der Waals surface area contributed by atoms with Gasteiger partial charge in [0.25, 0.3) is 5.91 Å². The van der Waals surface area contributed by atoms with Crippen molar-refractivity contribution in [2.24, 2.45) is 5.92 Å². The average molecular weight is 455 g/mol. The zero-order valence-corrected chi connectivity index (χ0v) is 18.9. The minimum Gasteiger partial charge on any atom is -0.496 e. The number of likely N-dealkylation sites (N-methyl/N-ethyl adjacent to an activating group) is 1. The molecule has 0 bridgehead atoms. The summed E-state index contributed by atoms with van der Waals surface area (Å²) in [4.78, 5) is 15.9. The summed E-state index contributed by atoms with van der Waals surface area (Å²) in [7, 11) is 3.28. The van der Waals surface area contributed by atoms with Crippen LogP contribution in [0.3, 0.4) is 0 Å². The van der Waals surface area contributed by atoms with Crippen molar-refractivity contribution >= 4 is 17.7 Å². The van der Waals surface area contributed by atoms with E-state index in [-0.39, 0.29) is 17.6 Å². The van der Waals surface area contributed by atoms with Crippen LogP contribution in [0.15, 0.2) is 47.4 Å². The number of methoxy groups -OCH3 is 1. The number of piperidine rings is 1. The molecule has 1 fully saturated rings. The number of alkyl halides is 3. The molecule has 4 nitrogen and oxygen atoms in total. The Kier molecular flexibility index (Phi) is 6.91. The maximum atomic E-state index is 13.5. The Labute approximate surface area is 186 Å². The first-order valence-corrected chi connectivity index (χ1v) is 11.2. The number of amides is 1. The maximum Gasteiger partial charge on any atom is 0.416 e. The van der Waals surface area contributed by atoms with Crippen LogP contribution in [0.2, 0.25) is 0 Å². The summed E-state index contributed by atoms with van der Waals surface area (Å²) in [6, 6.07) is 11.6. The highest BCUT2D eigenvalue weighted by Crippen LogP contribution is 2.40. The van der Waals surface area contributed by atoms with Gasteiger partial charge in [0.05, 0.1) is 23.8 Å². The molecule has 31 heavy (non-hydrogen) atoms. The van der Waals surface area contributed by atoms with Crippen LogP contribution in [0.5, 0.6) is 5.75 Å². The van der Waals surface area contributed by atoms with E-state index in [0.717, 1.165) is 42.4 Å². The topological polar surface area (TPSA) is 41.6 Å². The Morgan fingerprint density at radius 2 is 1.97 bits per heavy atom. The third kappa shape index (κ3) is 5.01. The number of thioether (sulfide) groups is 1. The predicted molar refractivity (Wildman–Crippen MR) is 119 cm³/mol. The zero-order valence-electron chi connectivity index (χ0n) is 18.0. The Bertz CT molecular complexity index is 906. The first-order valence-electron chi connectivity index (χ1n) is 9.99. The van der Waals surface area contributed by atoms with Crippen LogP contribution in [0.25, 0.3) is 0 Å². The van der Waals surface area contributed by atoms with Gasteiger partial charge in [-0.2, -0.15) is 13.2 Å². The van der Waals surface area contributed by atoms with Crippen molar-refractivity contribution in [3.05, 3.63) is 59.2 Å². The van der Waals surface area contributed by atoms with E-state index in [1.165, 1.54) is 7.11 Å². The second kappa shape index (κ2) is 9.12. The molecule has 170 valence electrons. The summed E-state index contributed by atoms with van der Waals surface area (Å²) >= 11 is 1.09. The Balaban J connectivity index is 0.00000363. The number of nitrogens with one attached hydrogen (secondary N) is 1. The molecule has 1 N–H and O–H groups in total. The lowest BCUT2D eigenvalue weighted by Crippen LogP contribution is -2.57. The van der Waals surface area contributed by atoms with Gasteiger partial charge in [-0.1, -0.05) is 37.3 Å². The van der Waals surface area contributed by atoms with Crippen LogP contribution in [0, 0.1) is 5.92 Å². The molecule has 0 saturated carbocycles. The summed E-state index contributed by atoms with van der Waals surface area (Å²) < 4.78 is 45.2. The van der Waals surface area contributed by atoms with Crippen molar-refractivity contribution in [1.29, 1.82) is 0 Å². The second-order valence-corrected chi connectivity index (χ2v) is 9.01. The standard InChI is InChI=1S/C23H27F3N2O2S.H2/c1-15-12-22(14-28(2)13-15,16-8-6-5-7-9-16)27-21(29)20-18(30-3)10-17(23(24,25)26)11-19(20)31-4;/h5-11,15H,12-14H2,1-4H3,(H,27,29);1H/t15-,22-;/m1./s1. The molecule has 0 aliphatic carbocycles. The number of halogens is 3. The molecule has 1 aliphatic rings. The molecule has 3 rings (SSSR count). The van der Waals surface area contributed by atoms with Gasteiger partial charge >= 0.3 is 6.18 Å². The van der Waals surface area contributed by atoms with Crippen LogP contribution in [0.4, 0.5) is 13.2 Å². The lowest BCUT2D eigenvalue weighted by Gasteiger charge is -2.45. The number of carbonyl (C=O) groups excluding carboxylic acids is 1. The van der Waals surface area contributed by atoms with E-state index < -0.39 is 23.2 Å². The number of nitrogens with zero attached hydrogens (tertiary/aromatic N) is 1. The summed E-state index contributed by atoms with van der Waals surface area (Å²) in [5.74, 6) is -0.202. The third-order valence-electron chi connectivity index (χ3n) is 5.60. The number of hydrogen-bond acceptors (Lipinski definition) is 4. The smallest absolute Gasteiger partial charge is 0.416 e. The molecule has 0 spiro atoms. The van der Waals surface area contributed by atoms with Crippen molar-refractivity contribution in [2.75, 3.05) is 33.5 Å². The van der Waals surface area contributed by atoms with Crippen LogP contribution < -0.4 is 10.1 Å². The Hall–Kier alpha value is -2.19. The largest absolute Gasteiger partial charge is 0.496 e. The number of rotatable bonds is 5. The van der Waals surface area contributed by atoms with Gasteiger partial charge in [-0.3, -0.25) is 4.79 Å². The number of likely N-dealkylation sites (tertiary alicyclic amines) is 1. The maximum absolute atomic E-state index is 13.5. The van der Waals surface area contributed by atoms with Gasteiger partial charge in [0.1, 0.15) is 5.75 Å². The van der Waals surface area contributed by atoms with E-state index in [4.69, 9.17) is 4.74 Å². The van der Waals surface area contributed by atoms with E-state index in [9.17, 15) is 18.0 Å². The molecule has 1 saturated heterocycles. The number of hydrogen-bond donors (Lipinski definition) is 1. The zero-order chi connectivity index (χ0) is 22.8. The minimum atomic E-state index is -4.53. The Morgan fingerprint density at radius 3 is 2.52 bits per heavy atom. The molecule has 2 aromatic carbocycles. The highest BCUT2D eigenvalue weighted by atomic mass is 32.2. The number of ether oxygens (including phenoxy) is 1.